The largest absolute Gasteiger partial charge is 0.349 e. The standard InChI is InChI=1S/C22H30N4OS/c1-3-16-4-5-18(23-12-16)13-26-11-8-19-20(15-28-21(19)14-26)22(27)24-17-6-9-25(2)10-7-17/h4-5,12,15,17H,3,6-11,13-14H2,1-2H3,(H,24,27). The summed E-state index contributed by atoms with van der Waals surface area (Å²) < 4.78 is 0. The third-order valence-corrected chi connectivity index (χ3v) is 7.02. The molecule has 2 aliphatic heterocycles. The number of hydrogen-bond acceptors (Lipinski definition) is 5. The molecule has 1 fully saturated rings. The van der Waals surface area contributed by atoms with Crippen molar-refractivity contribution in [1.82, 2.24) is 20.1 Å². The molecule has 1 N–H and O–H groups in total. The first-order valence-electron chi connectivity index (χ1n) is 10.4. The SMILES string of the molecule is CCc1ccc(CN2CCc3c(C(=O)NC4CCN(C)CC4)csc3C2)nc1. The van der Waals surface area contributed by atoms with E-state index in [1.807, 2.05) is 6.20 Å². The van der Waals surface area contributed by atoms with Crippen molar-refractivity contribution in [3.05, 3.63) is 51.0 Å². The van der Waals surface area contributed by atoms with E-state index in [1.165, 1.54) is 16.0 Å². The minimum Gasteiger partial charge on any atom is -0.349 e. The van der Waals surface area contributed by atoms with Gasteiger partial charge in [-0.25, -0.2) is 0 Å². The van der Waals surface area contributed by atoms with Gasteiger partial charge in [0, 0.05) is 42.1 Å². The summed E-state index contributed by atoms with van der Waals surface area (Å²) in [6.07, 6.45) is 6.06. The lowest BCUT2D eigenvalue weighted by molar-refractivity contribution is 0.0915. The summed E-state index contributed by atoms with van der Waals surface area (Å²) in [4.78, 5) is 23.5. The van der Waals surface area contributed by atoms with Gasteiger partial charge in [0.2, 0.25) is 0 Å². The van der Waals surface area contributed by atoms with E-state index in [4.69, 9.17) is 0 Å². The molecule has 6 heteroatoms. The van der Waals surface area contributed by atoms with Crippen molar-refractivity contribution in [2.75, 3.05) is 26.7 Å². The Kier molecular flexibility index (Phi) is 6.09. The van der Waals surface area contributed by atoms with E-state index in [1.54, 1.807) is 11.3 Å². The summed E-state index contributed by atoms with van der Waals surface area (Å²) in [6, 6.07) is 4.63. The minimum absolute atomic E-state index is 0.123. The molecule has 2 aromatic heterocycles. The number of carbonyl (C=O) groups excluding carboxylic acids is 1. The number of rotatable bonds is 5. The van der Waals surface area contributed by atoms with Gasteiger partial charge in [-0.1, -0.05) is 13.0 Å². The Morgan fingerprint density at radius 3 is 2.82 bits per heavy atom. The number of aromatic nitrogens is 1. The number of nitrogens with one attached hydrogen (secondary N) is 1. The molecule has 1 saturated heterocycles. The quantitative estimate of drug-likeness (QED) is 0.841. The lowest BCUT2D eigenvalue weighted by Gasteiger charge is -2.30. The van der Waals surface area contributed by atoms with Crippen molar-refractivity contribution in [3.8, 4) is 0 Å². The van der Waals surface area contributed by atoms with Crippen molar-refractivity contribution in [1.29, 1.82) is 0 Å². The van der Waals surface area contributed by atoms with Crippen LogP contribution in [0.25, 0.3) is 0 Å². The monoisotopic (exact) mass is 398 g/mol. The predicted octanol–water partition coefficient (Wildman–Crippen LogP) is 3.09. The number of piperidine rings is 1. The molecular formula is C22H30N4OS. The van der Waals surface area contributed by atoms with Gasteiger partial charge in [0.15, 0.2) is 0 Å². The van der Waals surface area contributed by atoms with Gasteiger partial charge in [-0.15, -0.1) is 11.3 Å². The first kappa shape index (κ1) is 19.6. The Morgan fingerprint density at radius 1 is 1.29 bits per heavy atom. The van der Waals surface area contributed by atoms with Crippen molar-refractivity contribution in [3.63, 3.8) is 0 Å². The molecule has 1 amide bonds. The Hall–Kier alpha value is -1.76. The van der Waals surface area contributed by atoms with E-state index >= 15 is 0 Å². The molecule has 4 rings (SSSR count). The summed E-state index contributed by atoms with van der Waals surface area (Å²) in [6.45, 7) is 7.05. The van der Waals surface area contributed by atoms with Crippen LogP contribution < -0.4 is 5.32 Å². The lowest BCUT2D eigenvalue weighted by Crippen LogP contribution is -2.43. The first-order valence-corrected chi connectivity index (χ1v) is 11.2. The number of aryl methyl sites for hydroxylation is 1. The molecule has 2 aliphatic rings. The van der Waals surface area contributed by atoms with Crippen LogP contribution in [0.1, 0.15) is 51.8 Å². The maximum absolute atomic E-state index is 12.8. The van der Waals surface area contributed by atoms with Crippen LogP contribution in [0.4, 0.5) is 0 Å². The highest BCUT2D eigenvalue weighted by atomic mass is 32.1. The van der Waals surface area contributed by atoms with E-state index < -0.39 is 0 Å². The van der Waals surface area contributed by atoms with Crippen LogP contribution in [-0.4, -0.2) is 53.4 Å². The van der Waals surface area contributed by atoms with Crippen molar-refractivity contribution >= 4 is 17.2 Å². The fourth-order valence-corrected chi connectivity index (χ4v) is 5.23. The third-order valence-electron chi connectivity index (χ3n) is 6.00. The number of hydrogen-bond donors (Lipinski definition) is 1. The molecule has 0 aromatic carbocycles. The van der Waals surface area contributed by atoms with Gasteiger partial charge in [0.05, 0.1) is 11.3 Å². The van der Waals surface area contributed by atoms with Crippen LogP contribution in [0.15, 0.2) is 23.7 Å². The second kappa shape index (κ2) is 8.72. The smallest absolute Gasteiger partial charge is 0.252 e. The van der Waals surface area contributed by atoms with E-state index in [2.05, 4.69) is 51.6 Å². The molecule has 5 nitrogen and oxygen atoms in total. The average Bonchev–Trinajstić information content (AvgIpc) is 3.14. The van der Waals surface area contributed by atoms with Crippen molar-refractivity contribution in [2.24, 2.45) is 0 Å². The predicted molar refractivity (Wildman–Crippen MR) is 114 cm³/mol. The van der Waals surface area contributed by atoms with Gasteiger partial charge in [0.1, 0.15) is 0 Å². The van der Waals surface area contributed by atoms with E-state index in [-0.39, 0.29) is 5.91 Å². The summed E-state index contributed by atoms with van der Waals surface area (Å²) >= 11 is 1.73. The minimum atomic E-state index is 0.123. The topological polar surface area (TPSA) is 48.5 Å². The fourth-order valence-electron chi connectivity index (χ4n) is 4.11. The highest BCUT2D eigenvalue weighted by molar-refractivity contribution is 7.10. The average molecular weight is 399 g/mol. The normalized spacial score (nSPS) is 18.8. The Labute approximate surface area is 171 Å². The van der Waals surface area contributed by atoms with E-state index in [9.17, 15) is 4.79 Å². The van der Waals surface area contributed by atoms with E-state index in [0.29, 0.717) is 6.04 Å². The maximum atomic E-state index is 12.8. The summed E-state index contributed by atoms with van der Waals surface area (Å²) in [5.74, 6) is 0.123. The molecule has 0 atom stereocenters. The number of nitrogens with zero attached hydrogens (tertiary/aromatic N) is 3. The molecule has 0 radical (unpaired) electrons. The van der Waals surface area contributed by atoms with Crippen LogP contribution in [0.2, 0.25) is 0 Å². The zero-order valence-corrected chi connectivity index (χ0v) is 17.7. The molecule has 28 heavy (non-hydrogen) atoms. The Bertz CT molecular complexity index is 808. The Balaban J connectivity index is 1.36. The number of pyridine rings is 1. The number of likely N-dealkylation sites (tertiary alicyclic amines) is 1. The van der Waals surface area contributed by atoms with Crippen LogP contribution in [0, 0.1) is 0 Å². The number of fused-ring (bicyclic) bond motifs is 1. The molecular weight excluding hydrogens is 368 g/mol. The van der Waals surface area contributed by atoms with Gasteiger partial charge in [0.25, 0.3) is 5.91 Å². The molecule has 2 aromatic rings. The van der Waals surface area contributed by atoms with Gasteiger partial charge in [-0.05, 0) is 63.0 Å². The summed E-state index contributed by atoms with van der Waals surface area (Å²) in [5.41, 5.74) is 4.57. The van der Waals surface area contributed by atoms with Crippen LogP contribution >= 0.6 is 11.3 Å². The highest BCUT2D eigenvalue weighted by Crippen LogP contribution is 2.29. The fraction of sp³-hybridized carbons (Fsp3) is 0.545. The molecule has 0 aliphatic carbocycles. The van der Waals surface area contributed by atoms with Crippen molar-refractivity contribution < 1.29 is 4.79 Å². The molecule has 0 spiro atoms. The first-order chi connectivity index (χ1) is 13.6. The second-order valence-corrected chi connectivity index (χ2v) is 9.04. The summed E-state index contributed by atoms with van der Waals surface area (Å²) in [7, 11) is 2.15. The zero-order valence-electron chi connectivity index (χ0n) is 16.9. The molecule has 0 saturated carbocycles. The lowest BCUT2D eigenvalue weighted by atomic mass is 10.0. The van der Waals surface area contributed by atoms with Crippen LogP contribution in [-0.2, 0) is 25.9 Å². The van der Waals surface area contributed by atoms with E-state index in [0.717, 1.165) is 69.7 Å². The molecule has 150 valence electrons. The van der Waals surface area contributed by atoms with Gasteiger partial charge < -0.3 is 10.2 Å². The number of amides is 1. The molecule has 0 unspecified atom stereocenters. The second-order valence-electron chi connectivity index (χ2n) is 8.07. The van der Waals surface area contributed by atoms with Gasteiger partial charge in [-0.3, -0.25) is 14.7 Å². The van der Waals surface area contributed by atoms with Crippen molar-refractivity contribution in [2.45, 2.75) is 51.7 Å². The number of thiophene rings is 1. The highest BCUT2D eigenvalue weighted by Gasteiger charge is 2.26. The molecule has 0 bridgehead atoms. The zero-order chi connectivity index (χ0) is 19.5. The number of carbonyl (C=O) groups is 1. The van der Waals surface area contributed by atoms with Gasteiger partial charge >= 0.3 is 0 Å². The Morgan fingerprint density at radius 2 is 2.11 bits per heavy atom. The van der Waals surface area contributed by atoms with Gasteiger partial charge in [-0.2, -0.15) is 0 Å². The third kappa shape index (κ3) is 4.45. The van der Waals surface area contributed by atoms with Crippen LogP contribution in [0.5, 0.6) is 0 Å². The summed E-state index contributed by atoms with van der Waals surface area (Å²) in [5, 5.41) is 5.33. The maximum Gasteiger partial charge on any atom is 0.252 e. The van der Waals surface area contributed by atoms with Crippen LogP contribution in [0.3, 0.4) is 0 Å². The molecule has 4 heterocycles.